The summed E-state index contributed by atoms with van der Waals surface area (Å²) in [5, 5.41) is 44.0. The number of ether oxygens (including phenoxy) is 1. The van der Waals surface area contributed by atoms with Gasteiger partial charge in [0.25, 0.3) is 0 Å². The minimum Gasteiger partial charge on any atom is -0.504 e. The number of allylic oxidation sites excluding steroid dienone is 1. The van der Waals surface area contributed by atoms with Crippen LogP contribution in [0.25, 0.3) is 0 Å². The van der Waals surface area contributed by atoms with E-state index in [2.05, 4.69) is 28.5 Å². The number of hydrogen-bond acceptors (Lipinski definition) is 9. The summed E-state index contributed by atoms with van der Waals surface area (Å²) in [6.07, 6.45) is 5.99. The van der Waals surface area contributed by atoms with Crippen LogP contribution in [0.15, 0.2) is 94.8 Å². The molecule has 0 saturated heterocycles. The SMILES string of the molecule is CCCC(O)CC(O)CC(=O)CCc1ccc(O)c(OC[NH+]2C=C3N=CC(Cc4cc(C(N)NCCc5ccccc5)ccc4CO)=C3C2)c1. The summed E-state index contributed by atoms with van der Waals surface area (Å²) in [5.41, 5.74) is 14.6. The van der Waals surface area contributed by atoms with E-state index in [1.165, 1.54) is 5.56 Å². The number of ketones is 1. The molecule has 0 amide bonds. The van der Waals surface area contributed by atoms with Crippen LogP contribution in [0, 0.1) is 0 Å². The zero-order valence-corrected chi connectivity index (χ0v) is 28.9. The molecule has 0 fully saturated rings. The zero-order chi connectivity index (χ0) is 35.5. The fraction of sp³-hybridized carbons (Fsp3) is 0.400. The highest BCUT2D eigenvalue weighted by molar-refractivity contribution is 5.87. The summed E-state index contributed by atoms with van der Waals surface area (Å²) in [6.45, 7) is 3.59. The van der Waals surface area contributed by atoms with Crippen molar-refractivity contribution < 1.29 is 34.9 Å². The third kappa shape index (κ3) is 10.4. The number of phenols is 1. The van der Waals surface area contributed by atoms with Gasteiger partial charge in [-0.25, -0.2) is 0 Å². The average molecular weight is 684 g/mol. The quantitative estimate of drug-likeness (QED) is 0.0894. The highest BCUT2D eigenvalue weighted by Gasteiger charge is 2.29. The Labute approximate surface area is 294 Å². The molecule has 3 aromatic rings. The number of nitrogens with two attached hydrogens (primary N) is 1. The molecule has 2 aliphatic heterocycles. The van der Waals surface area contributed by atoms with Crippen LogP contribution in [0.2, 0.25) is 0 Å². The van der Waals surface area contributed by atoms with Crippen molar-refractivity contribution >= 4 is 12.0 Å². The molecule has 0 radical (unpaired) electrons. The molecule has 8 N–H and O–H groups in total. The molecule has 3 aromatic carbocycles. The number of aliphatic imine (C=N–C) groups is 1. The number of aliphatic hydroxyl groups is 3. The van der Waals surface area contributed by atoms with Crippen LogP contribution in [-0.2, 0) is 30.7 Å². The first-order chi connectivity index (χ1) is 24.2. The lowest BCUT2D eigenvalue weighted by atomic mass is 9.95. The van der Waals surface area contributed by atoms with Crippen molar-refractivity contribution in [1.82, 2.24) is 5.32 Å². The number of Topliss-reactive ketones (excluding diaryl/α,β-unsaturated/α-hetero) is 1. The molecule has 10 heteroatoms. The molecule has 10 nitrogen and oxygen atoms in total. The first-order valence-electron chi connectivity index (χ1n) is 17.6. The van der Waals surface area contributed by atoms with Crippen LogP contribution in [-0.4, -0.2) is 64.5 Å². The van der Waals surface area contributed by atoms with Gasteiger partial charge in [-0.3, -0.25) is 20.0 Å². The number of benzene rings is 3. The second-order valence-electron chi connectivity index (χ2n) is 13.3. The first-order valence-corrected chi connectivity index (χ1v) is 17.6. The Morgan fingerprint density at radius 2 is 1.84 bits per heavy atom. The molecule has 4 unspecified atom stereocenters. The van der Waals surface area contributed by atoms with Gasteiger partial charge in [-0.15, -0.1) is 0 Å². The number of quaternary nitrogens is 1. The lowest BCUT2D eigenvalue weighted by Crippen LogP contribution is -3.07. The van der Waals surface area contributed by atoms with Crippen LogP contribution in [0.3, 0.4) is 0 Å². The van der Waals surface area contributed by atoms with E-state index in [9.17, 15) is 25.2 Å². The molecule has 50 heavy (non-hydrogen) atoms. The smallest absolute Gasteiger partial charge is 0.227 e. The molecule has 266 valence electrons. The first kappa shape index (κ1) is 37.1. The van der Waals surface area contributed by atoms with Gasteiger partial charge in [-0.1, -0.05) is 67.9 Å². The van der Waals surface area contributed by atoms with Gasteiger partial charge in [-0.2, -0.15) is 0 Å². The van der Waals surface area contributed by atoms with Crippen molar-refractivity contribution in [2.75, 3.05) is 19.8 Å². The number of phenolic OH excluding ortho intramolecular Hbond substituents is 1. The molecule has 4 atom stereocenters. The van der Waals surface area contributed by atoms with Gasteiger partial charge in [0, 0.05) is 31.2 Å². The summed E-state index contributed by atoms with van der Waals surface area (Å²) in [7, 11) is 0. The third-order valence-corrected chi connectivity index (χ3v) is 9.32. The van der Waals surface area contributed by atoms with E-state index in [4.69, 9.17) is 10.5 Å². The van der Waals surface area contributed by atoms with Crippen molar-refractivity contribution in [3.05, 3.63) is 118 Å². The normalized spacial score (nSPS) is 17.1. The Morgan fingerprint density at radius 1 is 1.02 bits per heavy atom. The Balaban J connectivity index is 1.14. The monoisotopic (exact) mass is 683 g/mol. The number of nitrogens with one attached hydrogen (secondary N) is 2. The number of aryl methyl sites for hydroxylation is 1. The second-order valence-corrected chi connectivity index (χ2v) is 13.3. The van der Waals surface area contributed by atoms with Crippen molar-refractivity contribution in [1.29, 1.82) is 0 Å². The number of aliphatic hydroxyl groups excluding tert-OH is 3. The molecular weight excluding hydrogens is 632 g/mol. The fourth-order valence-electron chi connectivity index (χ4n) is 6.51. The molecule has 0 saturated carbocycles. The molecule has 2 aliphatic rings. The maximum Gasteiger partial charge on any atom is 0.227 e. The molecular formula is C40H51N4O6+. The second kappa shape index (κ2) is 18.2. The summed E-state index contributed by atoms with van der Waals surface area (Å²) in [6, 6.07) is 21.4. The van der Waals surface area contributed by atoms with Gasteiger partial charge >= 0.3 is 0 Å². The number of fused-ring (bicyclic) bond motifs is 1. The summed E-state index contributed by atoms with van der Waals surface area (Å²) in [5.74, 6) is 0.294. The standard InChI is InChI=1S/C40H50N4O6/c1-2-6-33(46)20-35(48)21-34(47)13-9-28-10-14-38(49)39(17-28)50-26-44-23-36-32(22-43-37(36)24-44)19-31-18-29(11-12-30(31)25-45)40(41)42-16-15-27-7-4-3-5-8-27/h3-5,7-8,10-12,14,17-18,22,24,33,35,40,42,45-46,48-49H,2,6,9,13,15-16,19-21,23,25-26,41H2,1H3/p+1. The summed E-state index contributed by atoms with van der Waals surface area (Å²) >= 11 is 0. The topological polar surface area (TPSA) is 162 Å². The minimum atomic E-state index is -0.849. The number of carbonyl (C=O) groups is 1. The summed E-state index contributed by atoms with van der Waals surface area (Å²) in [4.78, 5) is 18.1. The number of carbonyl (C=O) groups excluding carboxylic acids is 1. The number of hydrogen-bond donors (Lipinski definition) is 7. The van der Waals surface area contributed by atoms with E-state index in [0.717, 1.165) is 63.4 Å². The highest BCUT2D eigenvalue weighted by Crippen LogP contribution is 2.29. The van der Waals surface area contributed by atoms with Gasteiger partial charge in [0.05, 0.1) is 25.0 Å². The van der Waals surface area contributed by atoms with Crippen LogP contribution in [0.4, 0.5) is 0 Å². The predicted octanol–water partition coefficient (Wildman–Crippen LogP) is 3.18. The van der Waals surface area contributed by atoms with Gasteiger partial charge in [-0.05, 0) is 77.6 Å². The summed E-state index contributed by atoms with van der Waals surface area (Å²) < 4.78 is 6.04. The van der Waals surface area contributed by atoms with E-state index < -0.39 is 12.2 Å². The van der Waals surface area contributed by atoms with E-state index in [-0.39, 0.29) is 50.3 Å². The molecule has 5 rings (SSSR count). The van der Waals surface area contributed by atoms with Crippen molar-refractivity contribution in [2.24, 2.45) is 10.7 Å². The Kier molecular flexibility index (Phi) is 13.5. The zero-order valence-electron chi connectivity index (χ0n) is 28.9. The van der Waals surface area contributed by atoms with Crippen molar-refractivity contribution in [3.8, 4) is 11.5 Å². The van der Waals surface area contributed by atoms with Gasteiger partial charge in [0.15, 0.2) is 11.5 Å². The van der Waals surface area contributed by atoms with Crippen molar-refractivity contribution in [3.63, 3.8) is 0 Å². The van der Waals surface area contributed by atoms with Crippen LogP contribution < -0.4 is 20.7 Å². The van der Waals surface area contributed by atoms with E-state index >= 15 is 0 Å². The van der Waals surface area contributed by atoms with Gasteiger partial charge in [0.1, 0.15) is 24.2 Å². The Hall–Kier alpha value is -4.16. The maximum atomic E-state index is 12.5. The fourth-order valence-corrected chi connectivity index (χ4v) is 6.51. The third-order valence-electron chi connectivity index (χ3n) is 9.32. The minimum absolute atomic E-state index is 0.0161. The lowest BCUT2D eigenvalue weighted by Gasteiger charge is -2.17. The Morgan fingerprint density at radius 3 is 2.62 bits per heavy atom. The molecule has 2 heterocycles. The van der Waals surface area contributed by atoms with Crippen LogP contribution in [0.5, 0.6) is 11.5 Å². The number of aromatic hydroxyl groups is 1. The van der Waals surface area contributed by atoms with Gasteiger partial charge in [0.2, 0.25) is 6.73 Å². The molecule has 0 aliphatic carbocycles. The number of nitrogens with zero attached hydrogens (tertiary/aromatic N) is 1. The average Bonchev–Trinajstić information content (AvgIpc) is 3.68. The molecule has 0 bridgehead atoms. The van der Waals surface area contributed by atoms with Crippen LogP contribution >= 0.6 is 0 Å². The van der Waals surface area contributed by atoms with E-state index in [1.807, 2.05) is 49.7 Å². The van der Waals surface area contributed by atoms with E-state index in [0.29, 0.717) is 31.6 Å². The van der Waals surface area contributed by atoms with Crippen LogP contribution in [0.1, 0.15) is 73.0 Å². The van der Waals surface area contributed by atoms with E-state index in [1.54, 1.807) is 18.2 Å². The van der Waals surface area contributed by atoms with Crippen molar-refractivity contribution in [2.45, 2.75) is 83.3 Å². The number of rotatable bonds is 20. The maximum absolute atomic E-state index is 12.5. The predicted molar refractivity (Wildman–Crippen MR) is 194 cm³/mol. The Bertz CT molecular complexity index is 1690. The lowest BCUT2D eigenvalue weighted by molar-refractivity contribution is -0.855. The largest absolute Gasteiger partial charge is 0.504 e. The molecule has 0 spiro atoms. The highest BCUT2D eigenvalue weighted by atomic mass is 16.5. The molecule has 0 aromatic heterocycles. The van der Waals surface area contributed by atoms with Gasteiger partial charge < -0.3 is 30.9 Å².